The second-order valence-corrected chi connectivity index (χ2v) is 5.89. The Morgan fingerprint density at radius 2 is 2.28 bits per heavy atom. The summed E-state index contributed by atoms with van der Waals surface area (Å²) in [7, 11) is 0. The number of piperidine rings is 1. The predicted molar refractivity (Wildman–Crippen MR) is 77.6 cm³/mol. The van der Waals surface area contributed by atoms with Crippen LogP contribution in [0.2, 0.25) is 0 Å². The van der Waals surface area contributed by atoms with E-state index in [0.29, 0.717) is 17.6 Å². The lowest BCUT2D eigenvalue weighted by atomic mass is 9.93. The third-order valence-electron chi connectivity index (χ3n) is 3.62. The van der Waals surface area contributed by atoms with Crippen LogP contribution >= 0.6 is 15.9 Å². The minimum absolute atomic E-state index is 0.132. The van der Waals surface area contributed by atoms with Crippen LogP contribution in [0.5, 0.6) is 0 Å². The van der Waals surface area contributed by atoms with Crippen LogP contribution in [0, 0.1) is 11.7 Å². The van der Waals surface area contributed by atoms with Gasteiger partial charge in [0.2, 0.25) is 0 Å². The molecule has 0 aliphatic carbocycles. The van der Waals surface area contributed by atoms with E-state index in [-0.39, 0.29) is 5.82 Å². The van der Waals surface area contributed by atoms with Gasteiger partial charge in [-0.3, -0.25) is 0 Å². The standard InChI is InChI=1S/C14H20BrFN2/c1-3-17-13-6-7-18(9-10(13)2)14-8-11(15)4-5-12(14)16/h4-5,8,10,13,17H,3,6-7,9H2,1-2H3. The van der Waals surface area contributed by atoms with Crippen molar-refractivity contribution in [2.75, 3.05) is 24.5 Å². The highest BCUT2D eigenvalue weighted by Gasteiger charge is 2.26. The zero-order valence-electron chi connectivity index (χ0n) is 10.9. The number of nitrogens with one attached hydrogen (secondary N) is 1. The van der Waals surface area contributed by atoms with Crippen LogP contribution < -0.4 is 10.2 Å². The van der Waals surface area contributed by atoms with Crippen molar-refractivity contribution >= 4 is 21.6 Å². The maximum absolute atomic E-state index is 13.8. The molecule has 1 fully saturated rings. The average molecular weight is 315 g/mol. The molecular formula is C14H20BrFN2. The van der Waals surface area contributed by atoms with Gasteiger partial charge in [-0.05, 0) is 37.1 Å². The summed E-state index contributed by atoms with van der Waals surface area (Å²) >= 11 is 3.41. The quantitative estimate of drug-likeness (QED) is 0.919. The van der Waals surface area contributed by atoms with Gasteiger partial charge in [-0.25, -0.2) is 4.39 Å². The van der Waals surface area contributed by atoms with Crippen molar-refractivity contribution in [3.63, 3.8) is 0 Å². The summed E-state index contributed by atoms with van der Waals surface area (Å²) in [6.45, 7) is 7.18. The first-order chi connectivity index (χ1) is 8.61. The molecule has 0 bridgehead atoms. The zero-order valence-corrected chi connectivity index (χ0v) is 12.5. The van der Waals surface area contributed by atoms with Crippen LogP contribution in [0.4, 0.5) is 10.1 Å². The minimum Gasteiger partial charge on any atom is -0.369 e. The van der Waals surface area contributed by atoms with E-state index in [0.717, 1.165) is 30.5 Å². The lowest BCUT2D eigenvalue weighted by Gasteiger charge is -2.38. The lowest BCUT2D eigenvalue weighted by molar-refractivity contribution is 0.325. The molecule has 1 aliphatic heterocycles. The summed E-state index contributed by atoms with van der Waals surface area (Å²) < 4.78 is 14.8. The number of rotatable bonds is 3. The fraction of sp³-hybridized carbons (Fsp3) is 0.571. The number of halogens is 2. The van der Waals surface area contributed by atoms with Crippen molar-refractivity contribution in [1.29, 1.82) is 0 Å². The molecule has 1 aliphatic rings. The normalized spacial score (nSPS) is 24.3. The molecule has 2 nitrogen and oxygen atoms in total. The monoisotopic (exact) mass is 314 g/mol. The Morgan fingerprint density at radius 3 is 2.94 bits per heavy atom. The Balaban J connectivity index is 2.10. The van der Waals surface area contributed by atoms with E-state index in [1.165, 1.54) is 6.07 Å². The van der Waals surface area contributed by atoms with Gasteiger partial charge in [-0.2, -0.15) is 0 Å². The highest BCUT2D eigenvalue weighted by Crippen LogP contribution is 2.28. The molecular weight excluding hydrogens is 295 g/mol. The molecule has 2 rings (SSSR count). The van der Waals surface area contributed by atoms with Gasteiger partial charge in [0.25, 0.3) is 0 Å². The van der Waals surface area contributed by atoms with E-state index in [1.54, 1.807) is 6.07 Å². The summed E-state index contributed by atoms with van der Waals surface area (Å²) in [5.74, 6) is 0.407. The average Bonchev–Trinajstić information content (AvgIpc) is 2.35. The molecule has 0 aromatic heterocycles. The summed E-state index contributed by atoms with van der Waals surface area (Å²) in [6.07, 6.45) is 1.07. The van der Waals surface area contributed by atoms with Crippen LogP contribution in [0.3, 0.4) is 0 Å². The van der Waals surface area contributed by atoms with Crippen LogP contribution in [-0.4, -0.2) is 25.7 Å². The molecule has 1 heterocycles. The molecule has 1 aromatic rings. The van der Waals surface area contributed by atoms with E-state index in [2.05, 4.69) is 40.0 Å². The van der Waals surface area contributed by atoms with Crippen molar-refractivity contribution in [3.8, 4) is 0 Å². The number of hydrogen-bond donors (Lipinski definition) is 1. The van der Waals surface area contributed by atoms with E-state index >= 15 is 0 Å². The second kappa shape index (κ2) is 6.02. The molecule has 0 spiro atoms. The van der Waals surface area contributed by atoms with Crippen molar-refractivity contribution in [1.82, 2.24) is 5.32 Å². The molecule has 0 saturated carbocycles. The van der Waals surface area contributed by atoms with Crippen LogP contribution in [0.1, 0.15) is 20.3 Å². The van der Waals surface area contributed by atoms with Gasteiger partial charge in [0, 0.05) is 23.6 Å². The molecule has 100 valence electrons. The van der Waals surface area contributed by atoms with E-state index in [1.807, 2.05) is 6.07 Å². The third-order valence-corrected chi connectivity index (χ3v) is 4.11. The number of anilines is 1. The number of benzene rings is 1. The lowest BCUT2D eigenvalue weighted by Crippen LogP contribution is -2.48. The Kier molecular flexibility index (Phi) is 4.62. The fourth-order valence-electron chi connectivity index (χ4n) is 2.66. The maximum atomic E-state index is 13.8. The van der Waals surface area contributed by atoms with Gasteiger partial charge in [0.1, 0.15) is 5.82 Å². The molecule has 4 heteroatoms. The third kappa shape index (κ3) is 3.04. The predicted octanol–water partition coefficient (Wildman–Crippen LogP) is 3.41. The SMILES string of the molecule is CCNC1CCN(c2cc(Br)ccc2F)CC1C. The number of nitrogens with zero attached hydrogens (tertiary/aromatic N) is 1. The summed E-state index contributed by atoms with van der Waals surface area (Å²) in [6, 6.07) is 5.70. The minimum atomic E-state index is -0.132. The van der Waals surface area contributed by atoms with Crippen LogP contribution in [0.25, 0.3) is 0 Å². The molecule has 0 amide bonds. The van der Waals surface area contributed by atoms with Crippen LogP contribution in [-0.2, 0) is 0 Å². The molecule has 2 unspecified atom stereocenters. The van der Waals surface area contributed by atoms with Gasteiger partial charge < -0.3 is 10.2 Å². The highest BCUT2D eigenvalue weighted by atomic mass is 79.9. The van der Waals surface area contributed by atoms with Crippen molar-refractivity contribution in [2.45, 2.75) is 26.3 Å². The Labute approximate surface area is 117 Å². The van der Waals surface area contributed by atoms with Gasteiger partial charge >= 0.3 is 0 Å². The molecule has 1 saturated heterocycles. The summed E-state index contributed by atoms with van der Waals surface area (Å²) in [5.41, 5.74) is 0.714. The molecule has 1 aromatic carbocycles. The molecule has 1 N–H and O–H groups in total. The smallest absolute Gasteiger partial charge is 0.146 e. The molecule has 2 atom stereocenters. The maximum Gasteiger partial charge on any atom is 0.146 e. The molecule has 18 heavy (non-hydrogen) atoms. The first-order valence-electron chi connectivity index (χ1n) is 6.55. The van der Waals surface area contributed by atoms with E-state index in [4.69, 9.17) is 0 Å². The molecule has 0 radical (unpaired) electrons. The van der Waals surface area contributed by atoms with Crippen molar-refractivity contribution in [3.05, 3.63) is 28.5 Å². The van der Waals surface area contributed by atoms with Gasteiger partial charge in [0.15, 0.2) is 0 Å². The van der Waals surface area contributed by atoms with E-state index in [9.17, 15) is 4.39 Å². The van der Waals surface area contributed by atoms with Gasteiger partial charge in [0.05, 0.1) is 5.69 Å². The second-order valence-electron chi connectivity index (χ2n) is 4.97. The summed E-state index contributed by atoms with van der Waals surface area (Å²) in [5, 5.41) is 3.50. The highest BCUT2D eigenvalue weighted by molar-refractivity contribution is 9.10. The topological polar surface area (TPSA) is 15.3 Å². The largest absolute Gasteiger partial charge is 0.369 e. The number of hydrogen-bond acceptors (Lipinski definition) is 2. The Bertz CT molecular complexity index is 411. The van der Waals surface area contributed by atoms with Gasteiger partial charge in [-0.1, -0.05) is 29.8 Å². The Morgan fingerprint density at radius 1 is 1.50 bits per heavy atom. The van der Waals surface area contributed by atoms with Gasteiger partial charge in [-0.15, -0.1) is 0 Å². The van der Waals surface area contributed by atoms with Crippen molar-refractivity contribution < 1.29 is 4.39 Å². The Hall–Kier alpha value is -0.610. The van der Waals surface area contributed by atoms with Crippen LogP contribution in [0.15, 0.2) is 22.7 Å². The zero-order chi connectivity index (χ0) is 13.1. The van der Waals surface area contributed by atoms with Crippen molar-refractivity contribution in [2.24, 2.45) is 5.92 Å². The van der Waals surface area contributed by atoms with E-state index < -0.39 is 0 Å². The first kappa shape index (κ1) is 13.8. The first-order valence-corrected chi connectivity index (χ1v) is 7.34. The fourth-order valence-corrected chi connectivity index (χ4v) is 3.01. The summed E-state index contributed by atoms with van der Waals surface area (Å²) in [4.78, 5) is 2.15.